The number of benzene rings is 1. The highest BCUT2D eigenvalue weighted by Gasteiger charge is 2.29. The van der Waals surface area contributed by atoms with Crippen LogP contribution >= 0.6 is 0 Å². The van der Waals surface area contributed by atoms with Gasteiger partial charge in [0.05, 0.1) is 13.2 Å². The third kappa shape index (κ3) is 7.24. The van der Waals surface area contributed by atoms with Gasteiger partial charge in [-0.15, -0.1) is 0 Å². The van der Waals surface area contributed by atoms with Crippen LogP contribution in [-0.2, 0) is 25.6 Å². The lowest BCUT2D eigenvalue weighted by Crippen LogP contribution is -2.44. The lowest BCUT2D eigenvalue weighted by Gasteiger charge is -2.25. The number of amides is 1. The molecule has 0 unspecified atom stereocenters. The average molecular weight is 350 g/mol. The molecular weight excluding hydrogens is 324 g/mol. The Labute approximate surface area is 148 Å². The highest BCUT2D eigenvalue weighted by molar-refractivity contribution is 5.82. The summed E-state index contributed by atoms with van der Waals surface area (Å²) in [5.74, 6) is -0.450. The summed E-state index contributed by atoms with van der Waals surface area (Å²) in [6, 6.07) is 8.45. The van der Waals surface area contributed by atoms with E-state index >= 15 is 0 Å². The van der Waals surface area contributed by atoms with Crippen LogP contribution < -0.4 is 0 Å². The van der Waals surface area contributed by atoms with Crippen LogP contribution in [0.15, 0.2) is 30.3 Å². The summed E-state index contributed by atoms with van der Waals surface area (Å²) in [4.78, 5) is 25.6. The predicted octanol–water partition coefficient (Wildman–Crippen LogP) is 2.98. The highest BCUT2D eigenvalue weighted by atomic mass is 16.6. The van der Waals surface area contributed by atoms with Gasteiger partial charge in [0.15, 0.2) is 5.90 Å². The van der Waals surface area contributed by atoms with Crippen LogP contribution in [0.25, 0.3) is 0 Å². The summed E-state index contributed by atoms with van der Waals surface area (Å²) in [6.45, 7) is 4.20. The summed E-state index contributed by atoms with van der Waals surface area (Å²) in [7, 11) is 1.49. The molecule has 1 aromatic rings. The lowest BCUT2D eigenvalue weighted by atomic mass is 10.1. The van der Waals surface area contributed by atoms with Crippen LogP contribution in [0.4, 0.5) is 4.79 Å². The summed E-state index contributed by atoms with van der Waals surface area (Å²) in [5, 5.41) is 7.66. The van der Waals surface area contributed by atoms with E-state index in [1.54, 1.807) is 13.8 Å². The van der Waals surface area contributed by atoms with E-state index in [0.717, 1.165) is 5.56 Å². The first-order chi connectivity index (χ1) is 12.0. The van der Waals surface area contributed by atoms with Crippen molar-refractivity contribution in [2.75, 3.05) is 20.3 Å². The van der Waals surface area contributed by atoms with Gasteiger partial charge in [-0.3, -0.25) is 10.3 Å². The molecule has 1 aromatic carbocycles. The van der Waals surface area contributed by atoms with Gasteiger partial charge < -0.3 is 14.2 Å². The van der Waals surface area contributed by atoms with Gasteiger partial charge in [-0.2, -0.15) is 0 Å². The maximum absolute atomic E-state index is 12.2. The van der Waals surface area contributed by atoms with E-state index in [2.05, 4.69) is 0 Å². The van der Waals surface area contributed by atoms with Gasteiger partial charge in [-0.05, 0) is 25.8 Å². The van der Waals surface area contributed by atoms with Gasteiger partial charge in [0.25, 0.3) is 0 Å². The Balaban J connectivity index is 2.65. The molecule has 0 saturated heterocycles. The normalized spacial score (nSPS) is 11.3. The second-order valence-electron chi connectivity index (χ2n) is 5.31. The zero-order valence-electron chi connectivity index (χ0n) is 15.0. The molecule has 25 heavy (non-hydrogen) atoms. The van der Waals surface area contributed by atoms with E-state index in [4.69, 9.17) is 19.6 Å². The van der Waals surface area contributed by atoms with Crippen LogP contribution in [-0.4, -0.2) is 49.2 Å². The minimum atomic E-state index is -0.830. The van der Waals surface area contributed by atoms with E-state index in [9.17, 15) is 9.59 Å². The number of esters is 1. The van der Waals surface area contributed by atoms with Crippen molar-refractivity contribution in [1.29, 1.82) is 5.41 Å². The first-order valence-electron chi connectivity index (χ1n) is 8.29. The second-order valence-corrected chi connectivity index (χ2v) is 5.31. The SMILES string of the molecule is CCOC(=N)CC[C@@H](C(=O)OCC)N(C)C(=O)OCc1ccccc1. The Kier molecular flexibility index (Phi) is 9.06. The summed E-state index contributed by atoms with van der Waals surface area (Å²) in [6.07, 6.45) is -0.160. The standard InChI is InChI=1S/C18H26N2O5/c1-4-23-16(19)12-11-15(17(21)24-5-2)20(3)18(22)25-13-14-9-7-6-8-10-14/h6-10,15,19H,4-5,11-13H2,1-3H3/t15-/m0/s1. The predicted molar refractivity (Wildman–Crippen MR) is 93.4 cm³/mol. The number of carbonyl (C=O) groups is 2. The van der Waals surface area contributed by atoms with Gasteiger partial charge >= 0.3 is 12.1 Å². The Morgan fingerprint density at radius 3 is 2.32 bits per heavy atom. The Hall–Kier alpha value is -2.57. The van der Waals surface area contributed by atoms with Crippen molar-refractivity contribution in [3.05, 3.63) is 35.9 Å². The molecule has 7 heteroatoms. The number of rotatable bonds is 9. The van der Waals surface area contributed by atoms with Gasteiger partial charge in [0, 0.05) is 13.5 Å². The van der Waals surface area contributed by atoms with E-state index in [1.165, 1.54) is 11.9 Å². The van der Waals surface area contributed by atoms with Crippen LogP contribution in [0, 0.1) is 5.41 Å². The maximum atomic E-state index is 12.2. The lowest BCUT2D eigenvalue weighted by molar-refractivity contribution is -0.148. The summed E-state index contributed by atoms with van der Waals surface area (Å²) in [5.41, 5.74) is 0.857. The number of nitrogens with zero attached hydrogens (tertiary/aromatic N) is 1. The molecule has 0 spiro atoms. The molecule has 0 fully saturated rings. The van der Waals surface area contributed by atoms with E-state index in [-0.39, 0.29) is 32.0 Å². The average Bonchev–Trinajstić information content (AvgIpc) is 2.61. The monoisotopic (exact) mass is 350 g/mol. The molecule has 0 radical (unpaired) electrons. The number of ether oxygens (including phenoxy) is 3. The van der Waals surface area contributed by atoms with Crippen molar-refractivity contribution in [2.24, 2.45) is 0 Å². The van der Waals surface area contributed by atoms with Gasteiger partial charge in [-0.1, -0.05) is 30.3 Å². The minimum absolute atomic E-state index is 0.0721. The fourth-order valence-corrected chi connectivity index (χ4v) is 2.17. The molecule has 0 aromatic heterocycles. The largest absolute Gasteiger partial charge is 0.481 e. The highest BCUT2D eigenvalue weighted by Crippen LogP contribution is 2.12. The van der Waals surface area contributed by atoms with Gasteiger partial charge in [0.2, 0.25) is 0 Å². The Bertz CT molecular complexity index is 562. The fraction of sp³-hybridized carbons (Fsp3) is 0.500. The van der Waals surface area contributed by atoms with Crippen LogP contribution in [0.2, 0.25) is 0 Å². The smallest absolute Gasteiger partial charge is 0.410 e. The molecule has 1 amide bonds. The van der Waals surface area contributed by atoms with E-state index in [0.29, 0.717) is 6.61 Å². The van der Waals surface area contributed by atoms with Crippen molar-refractivity contribution < 1.29 is 23.8 Å². The fourth-order valence-electron chi connectivity index (χ4n) is 2.17. The molecule has 7 nitrogen and oxygen atoms in total. The minimum Gasteiger partial charge on any atom is -0.481 e. The van der Waals surface area contributed by atoms with Crippen molar-refractivity contribution >= 4 is 18.0 Å². The molecule has 0 heterocycles. The molecule has 0 saturated carbocycles. The Morgan fingerprint density at radius 2 is 1.72 bits per heavy atom. The number of likely N-dealkylation sites (N-methyl/N-ethyl adjacent to an activating group) is 1. The Morgan fingerprint density at radius 1 is 1.08 bits per heavy atom. The first-order valence-corrected chi connectivity index (χ1v) is 8.29. The van der Waals surface area contributed by atoms with E-state index < -0.39 is 18.1 Å². The van der Waals surface area contributed by atoms with Crippen molar-refractivity contribution in [2.45, 2.75) is 39.3 Å². The third-order valence-electron chi connectivity index (χ3n) is 3.48. The van der Waals surface area contributed by atoms with Gasteiger partial charge in [0.1, 0.15) is 12.6 Å². The number of nitrogens with one attached hydrogen (secondary N) is 1. The second kappa shape index (κ2) is 11.1. The molecular formula is C18H26N2O5. The zero-order chi connectivity index (χ0) is 18.7. The molecule has 0 bridgehead atoms. The summed E-state index contributed by atoms with van der Waals surface area (Å²) >= 11 is 0. The zero-order valence-corrected chi connectivity index (χ0v) is 15.0. The molecule has 1 rings (SSSR count). The molecule has 1 N–H and O–H groups in total. The molecule has 0 aliphatic carbocycles. The molecule has 1 atom stereocenters. The van der Waals surface area contributed by atoms with Crippen LogP contribution in [0.5, 0.6) is 0 Å². The maximum Gasteiger partial charge on any atom is 0.410 e. The van der Waals surface area contributed by atoms with Crippen LogP contribution in [0.1, 0.15) is 32.3 Å². The number of carbonyl (C=O) groups excluding carboxylic acids is 2. The van der Waals surface area contributed by atoms with E-state index in [1.807, 2.05) is 30.3 Å². The topological polar surface area (TPSA) is 88.9 Å². The van der Waals surface area contributed by atoms with Crippen molar-refractivity contribution in [3.63, 3.8) is 0 Å². The molecule has 0 aliphatic rings. The van der Waals surface area contributed by atoms with Gasteiger partial charge in [-0.25, -0.2) is 9.59 Å². The van der Waals surface area contributed by atoms with Crippen molar-refractivity contribution in [3.8, 4) is 0 Å². The first kappa shape index (κ1) is 20.5. The van der Waals surface area contributed by atoms with Crippen LogP contribution in [0.3, 0.4) is 0 Å². The molecule has 0 aliphatic heterocycles. The number of hydrogen-bond acceptors (Lipinski definition) is 6. The third-order valence-corrected chi connectivity index (χ3v) is 3.48. The molecule has 138 valence electrons. The quantitative estimate of drug-likeness (QED) is 0.420. The summed E-state index contributed by atoms with van der Waals surface area (Å²) < 4.78 is 15.4. The number of hydrogen-bond donors (Lipinski definition) is 1. The van der Waals surface area contributed by atoms with Crippen molar-refractivity contribution in [1.82, 2.24) is 4.90 Å².